The number of hydrogen-bond donors (Lipinski definition) is 2. The molecule has 1 aliphatic rings. The molecule has 0 unspecified atom stereocenters. The van der Waals surface area contributed by atoms with Crippen LogP contribution in [0.25, 0.3) is 0 Å². The van der Waals surface area contributed by atoms with Crippen LogP contribution in [-0.4, -0.2) is 37.1 Å². The van der Waals surface area contributed by atoms with E-state index in [-0.39, 0.29) is 6.03 Å². The molecule has 0 aliphatic carbocycles. The maximum absolute atomic E-state index is 11.7. The number of likely N-dealkylation sites (tertiary alicyclic amines) is 1. The van der Waals surface area contributed by atoms with E-state index in [9.17, 15) is 4.79 Å². The number of carbonyl (C=O) groups is 1. The monoisotopic (exact) mass is 303 g/mol. The molecule has 2 rings (SSSR count). The lowest BCUT2D eigenvalue weighted by Crippen LogP contribution is -2.37. The Balaban J connectivity index is 1.48. The summed E-state index contributed by atoms with van der Waals surface area (Å²) < 4.78 is 0. The van der Waals surface area contributed by atoms with Gasteiger partial charge in [-0.15, -0.1) is 0 Å². The number of benzene rings is 1. The molecule has 1 saturated heterocycles. The van der Waals surface area contributed by atoms with E-state index < -0.39 is 0 Å². The van der Waals surface area contributed by atoms with Gasteiger partial charge < -0.3 is 15.5 Å². The number of hydrogen-bond acceptors (Lipinski definition) is 2. The molecule has 1 aliphatic heterocycles. The molecule has 2 amide bonds. The summed E-state index contributed by atoms with van der Waals surface area (Å²) in [5.74, 6) is 0.843. The molecule has 0 aromatic heterocycles. The van der Waals surface area contributed by atoms with Gasteiger partial charge in [0, 0.05) is 19.6 Å². The molecule has 122 valence electrons. The van der Waals surface area contributed by atoms with E-state index in [1.165, 1.54) is 25.9 Å². The standard InChI is InChI=1S/C18H29N3O/c1-16-8-7-13-21(15-16)12-6-5-11-19-18(22)20-14-17-9-3-2-4-10-17/h2-4,9-10,16H,5-8,11-15H2,1H3,(H2,19,20,22)/t16-/m0/s1. The molecular formula is C18H29N3O. The predicted molar refractivity (Wildman–Crippen MR) is 90.8 cm³/mol. The molecule has 4 heteroatoms. The lowest BCUT2D eigenvalue weighted by Gasteiger charge is -2.30. The minimum Gasteiger partial charge on any atom is -0.338 e. The first kappa shape index (κ1) is 16.8. The van der Waals surface area contributed by atoms with Gasteiger partial charge in [-0.25, -0.2) is 4.79 Å². The molecule has 0 radical (unpaired) electrons. The van der Waals surface area contributed by atoms with Crippen molar-refractivity contribution < 1.29 is 4.79 Å². The number of unbranched alkanes of at least 4 members (excludes halogenated alkanes) is 1. The minimum atomic E-state index is -0.0737. The second-order valence-electron chi connectivity index (χ2n) is 6.35. The van der Waals surface area contributed by atoms with Crippen molar-refractivity contribution in [3.8, 4) is 0 Å². The van der Waals surface area contributed by atoms with E-state index in [4.69, 9.17) is 0 Å². The Hall–Kier alpha value is -1.55. The highest BCUT2D eigenvalue weighted by atomic mass is 16.2. The number of urea groups is 1. The zero-order chi connectivity index (χ0) is 15.6. The Morgan fingerprint density at radius 3 is 2.82 bits per heavy atom. The molecule has 1 aromatic carbocycles. The van der Waals surface area contributed by atoms with Crippen LogP contribution in [0.2, 0.25) is 0 Å². The summed E-state index contributed by atoms with van der Waals surface area (Å²) in [5, 5.41) is 5.82. The third-order valence-electron chi connectivity index (χ3n) is 4.22. The van der Waals surface area contributed by atoms with Crippen LogP contribution in [0.5, 0.6) is 0 Å². The van der Waals surface area contributed by atoms with Gasteiger partial charge in [-0.05, 0) is 50.3 Å². The zero-order valence-corrected chi connectivity index (χ0v) is 13.7. The Bertz CT molecular complexity index is 435. The first-order valence-corrected chi connectivity index (χ1v) is 8.52. The predicted octanol–water partition coefficient (Wildman–Crippen LogP) is 3.00. The van der Waals surface area contributed by atoms with Gasteiger partial charge in [0.25, 0.3) is 0 Å². The number of amides is 2. The second-order valence-corrected chi connectivity index (χ2v) is 6.35. The van der Waals surface area contributed by atoms with Crippen molar-refractivity contribution >= 4 is 6.03 Å². The van der Waals surface area contributed by atoms with Crippen LogP contribution in [0.3, 0.4) is 0 Å². The molecule has 1 heterocycles. The summed E-state index contributed by atoms with van der Waals surface area (Å²) in [6.07, 6.45) is 4.91. The van der Waals surface area contributed by atoms with Crippen LogP contribution in [0, 0.1) is 5.92 Å². The third kappa shape index (κ3) is 6.48. The van der Waals surface area contributed by atoms with Crippen LogP contribution in [-0.2, 0) is 6.54 Å². The van der Waals surface area contributed by atoms with Crippen LogP contribution >= 0.6 is 0 Å². The Kier molecular flexibility index (Phi) is 7.23. The molecule has 0 bridgehead atoms. The molecule has 1 aromatic rings. The van der Waals surface area contributed by atoms with Gasteiger partial charge in [0.1, 0.15) is 0 Å². The third-order valence-corrected chi connectivity index (χ3v) is 4.22. The lowest BCUT2D eigenvalue weighted by molar-refractivity contribution is 0.181. The van der Waals surface area contributed by atoms with E-state index in [0.717, 1.165) is 37.4 Å². The highest BCUT2D eigenvalue weighted by molar-refractivity contribution is 5.73. The van der Waals surface area contributed by atoms with Crippen molar-refractivity contribution in [1.29, 1.82) is 0 Å². The van der Waals surface area contributed by atoms with Gasteiger partial charge in [0.2, 0.25) is 0 Å². The maximum Gasteiger partial charge on any atom is 0.315 e. The summed E-state index contributed by atoms with van der Waals surface area (Å²) in [6, 6.07) is 9.90. The Morgan fingerprint density at radius 1 is 1.23 bits per heavy atom. The largest absolute Gasteiger partial charge is 0.338 e. The van der Waals surface area contributed by atoms with Crippen LogP contribution in [0.1, 0.15) is 38.2 Å². The van der Waals surface area contributed by atoms with Crippen molar-refractivity contribution in [3.05, 3.63) is 35.9 Å². The molecule has 22 heavy (non-hydrogen) atoms. The first-order chi connectivity index (χ1) is 10.7. The van der Waals surface area contributed by atoms with Crippen LogP contribution < -0.4 is 10.6 Å². The summed E-state index contributed by atoms with van der Waals surface area (Å²) in [5.41, 5.74) is 1.12. The molecule has 1 atom stereocenters. The summed E-state index contributed by atoms with van der Waals surface area (Å²) in [4.78, 5) is 14.3. The highest BCUT2D eigenvalue weighted by Crippen LogP contribution is 2.15. The van der Waals surface area contributed by atoms with E-state index in [1.807, 2.05) is 30.3 Å². The molecular weight excluding hydrogens is 274 g/mol. The summed E-state index contributed by atoms with van der Waals surface area (Å²) >= 11 is 0. The van der Waals surface area contributed by atoms with E-state index in [2.05, 4.69) is 22.5 Å². The first-order valence-electron chi connectivity index (χ1n) is 8.52. The van der Waals surface area contributed by atoms with Gasteiger partial charge in [-0.2, -0.15) is 0 Å². The fourth-order valence-corrected chi connectivity index (χ4v) is 2.99. The molecule has 1 fully saturated rings. The number of piperidine rings is 1. The normalized spacial score (nSPS) is 18.9. The summed E-state index contributed by atoms with van der Waals surface area (Å²) in [6.45, 7) is 7.32. The Morgan fingerprint density at radius 2 is 2.05 bits per heavy atom. The van der Waals surface area contributed by atoms with E-state index in [0.29, 0.717) is 6.54 Å². The van der Waals surface area contributed by atoms with Crippen molar-refractivity contribution in [2.45, 2.75) is 39.2 Å². The molecule has 2 N–H and O–H groups in total. The maximum atomic E-state index is 11.7. The average Bonchev–Trinajstić information content (AvgIpc) is 2.54. The minimum absolute atomic E-state index is 0.0737. The van der Waals surface area contributed by atoms with Crippen LogP contribution in [0.15, 0.2) is 30.3 Å². The van der Waals surface area contributed by atoms with Gasteiger partial charge in [-0.3, -0.25) is 0 Å². The second kappa shape index (κ2) is 9.46. The molecule has 0 spiro atoms. The number of nitrogens with zero attached hydrogens (tertiary/aromatic N) is 1. The Labute approximate surface area is 134 Å². The van der Waals surface area contributed by atoms with E-state index >= 15 is 0 Å². The fourth-order valence-electron chi connectivity index (χ4n) is 2.99. The van der Waals surface area contributed by atoms with Crippen molar-refractivity contribution in [3.63, 3.8) is 0 Å². The topological polar surface area (TPSA) is 44.4 Å². The fraction of sp³-hybridized carbons (Fsp3) is 0.611. The van der Waals surface area contributed by atoms with Gasteiger partial charge >= 0.3 is 6.03 Å². The van der Waals surface area contributed by atoms with Crippen LogP contribution in [0.4, 0.5) is 4.79 Å². The number of rotatable bonds is 7. The van der Waals surface area contributed by atoms with Crippen molar-refractivity contribution in [2.75, 3.05) is 26.2 Å². The lowest BCUT2D eigenvalue weighted by atomic mass is 10.0. The van der Waals surface area contributed by atoms with E-state index in [1.54, 1.807) is 0 Å². The zero-order valence-electron chi connectivity index (χ0n) is 13.7. The SMILES string of the molecule is C[C@H]1CCCN(CCCCNC(=O)NCc2ccccc2)C1. The quantitative estimate of drug-likeness (QED) is 0.761. The van der Waals surface area contributed by atoms with Gasteiger partial charge in [0.15, 0.2) is 0 Å². The van der Waals surface area contributed by atoms with Gasteiger partial charge in [0.05, 0.1) is 0 Å². The van der Waals surface area contributed by atoms with Crippen molar-refractivity contribution in [2.24, 2.45) is 5.92 Å². The van der Waals surface area contributed by atoms with Crippen molar-refractivity contribution in [1.82, 2.24) is 15.5 Å². The average molecular weight is 303 g/mol. The number of carbonyl (C=O) groups excluding carboxylic acids is 1. The molecule has 0 saturated carbocycles. The smallest absolute Gasteiger partial charge is 0.315 e. The van der Waals surface area contributed by atoms with Gasteiger partial charge in [-0.1, -0.05) is 37.3 Å². The molecule has 4 nitrogen and oxygen atoms in total. The summed E-state index contributed by atoms with van der Waals surface area (Å²) in [7, 11) is 0. The number of nitrogens with one attached hydrogen (secondary N) is 2. The highest BCUT2D eigenvalue weighted by Gasteiger charge is 2.15.